The zero-order valence-electron chi connectivity index (χ0n) is 14.2. The van der Waals surface area contributed by atoms with Gasteiger partial charge in [-0.15, -0.1) is 0 Å². The lowest BCUT2D eigenvalue weighted by molar-refractivity contribution is -0.137. The van der Waals surface area contributed by atoms with E-state index in [1.54, 1.807) is 35.2 Å². The highest BCUT2D eigenvalue weighted by molar-refractivity contribution is 7.89. The van der Waals surface area contributed by atoms with E-state index in [1.807, 2.05) is 6.92 Å². The number of anilines is 1. The first-order valence-corrected chi connectivity index (χ1v) is 9.61. The summed E-state index contributed by atoms with van der Waals surface area (Å²) in [5, 5.41) is 0. The minimum atomic E-state index is -4.40. The van der Waals surface area contributed by atoms with Crippen LogP contribution in [-0.4, -0.2) is 38.9 Å². The largest absolute Gasteiger partial charge is 0.416 e. The normalized spacial score (nSPS) is 16.7. The Hall–Kier alpha value is -2.06. The molecule has 1 aliphatic rings. The maximum absolute atomic E-state index is 12.9. The Labute approximate surface area is 150 Å². The zero-order chi connectivity index (χ0) is 18.9. The van der Waals surface area contributed by atoms with Crippen LogP contribution in [0, 0.1) is 6.92 Å². The van der Waals surface area contributed by atoms with E-state index >= 15 is 0 Å². The van der Waals surface area contributed by atoms with Gasteiger partial charge in [0.15, 0.2) is 0 Å². The molecule has 0 N–H and O–H groups in total. The highest BCUT2D eigenvalue weighted by Gasteiger charge is 2.32. The highest BCUT2D eigenvalue weighted by atomic mass is 32.2. The number of piperazine rings is 1. The molecule has 3 rings (SSSR count). The van der Waals surface area contributed by atoms with Gasteiger partial charge in [-0.05, 0) is 37.3 Å². The smallest absolute Gasteiger partial charge is 0.369 e. The number of sulfonamides is 1. The number of alkyl halides is 3. The summed E-state index contributed by atoms with van der Waals surface area (Å²) in [6.07, 6.45) is -4.40. The summed E-state index contributed by atoms with van der Waals surface area (Å²) >= 11 is 0. The van der Waals surface area contributed by atoms with Crippen LogP contribution < -0.4 is 4.90 Å². The molecule has 2 aromatic carbocycles. The van der Waals surface area contributed by atoms with Crippen LogP contribution in [0.4, 0.5) is 18.9 Å². The maximum Gasteiger partial charge on any atom is 0.416 e. The van der Waals surface area contributed by atoms with Crippen molar-refractivity contribution in [1.82, 2.24) is 4.31 Å². The lowest BCUT2D eigenvalue weighted by atomic mass is 10.1. The van der Waals surface area contributed by atoms with Gasteiger partial charge in [0, 0.05) is 31.9 Å². The van der Waals surface area contributed by atoms with Crippen LogP contribution in [0.3, 0.4) is 0 Å². The Morgan fingerprint density at radius 1 is 0.923 bits per heavy atom. The van der Waals surface area contributed by atoms with Crippen molar-refractivity contribution < 1.29 is 21.6 Å². The molecular formula is C18H19F3N2O2S. The van der Waals surface area contributed by atoms with Crippen LogP contribution in [0.5, 0.6) is 0 Å². The van der Waals surface area contributed by atoms with E-state index in [-0.39, 0.29) is 18.0 Å². The fraction of sp³-hybridized carbons (Fsp3) is 0.333. The molecular weight excluding hydrogens is 365 g/mol. The minimum absolute atomic E-state index is 0.229. The van der Waals surface area contributed by atoms with Crippen molar-refractivity contribution in [3.8, 4) is 0 Å². The predicted molar refractivity (Wildman–Crippen MR) is 93.6 cm³/mol. The van der Waals surface area contributed by atoms with Crippen molar-refractivity contribution in [1.29, 1.82) is 0 Å². The second-order valence-corrected chi connectivity index (χ2v) is 8.19. The monoisotopic (exact) mass is 384 g/mol. The van der Waals surface area contributed by atoms with Crippen molar-refractivity contribution in [2.45, 2.75) is 18.0 Å². The Balaban J connectivity index is 1.72. The second kappa shape index (κ2) is 6.92. The molecule has 0 aromatic heterocycles. The van der Waals surface area contributed by atoms with Crippen LogP contribution in [-0.2, 0) is 16.2 Å². The fourth-order valence-electron chi connectivity index (χ4n) is 2.92. The SMILES string of the molecule is Cc1ccc(S(=O)(=O)N2CCN(c3cccc(C(F)(F)F)c3)CC2)cc1. The zero-order valence-corrected chi connectivity index (χ0v) is 15.0. The molecule has 0 saturated carbocycles. The first kappa shape index (κ1) is 18.7. The topological polar surface area (TPSA) is 40.6 Å². The number of benzene rings is 2. The molecule has 0 atom stereocenters. The van der Waals surface area contributed by atoms with Crippen LogP contribution in [0.1, 0.15) is 11.1 Å². The lowest BCUT2D eigenvalue weighted by Crippen LogP contribution is -2.48. The summed E-state index contributed by atoms with van der Waals surface area (Å²) in [5.41, 5.74) is 0.718. The van der Waals surface area contributed by atoms with Gasteiger partial charge in [-0.25, -0.2) is 8.42 Å². The quantitative estimate of drug-likeness (QED) is 0.813. The molecule has 0 bridgehead atoms. The van der Waals surface area contributed by atoms with Gasteiger partial charge < -0.3 is 4.90 Å². The Kier molecular flexibility index (Phi) is 4.98. The highest BCUT2D eigenvalue weighted by Crippen LogP contribution is 2.32. The molecule has 0 aliphatic carbocycles. The van der Waals surface area contributed by atoms with Crippen molar-refractivity contribution >= 4 is 15.7 Å². The Bertz CT molecular complexity index is 872. The summed E-state index contributed by atoms with van der Waals surface area (Å²) in [4.78, 5) is 2.01. The van der Waals surface area contributed by atoms with Gasteiger partial charge in [0.1, 0.15) is 0 Å². The molecule has 140 valence electrons. The van der Waals surface area contributed by atoms with Gasteiger partial charge in [0.25, 0.3) is 0 Å². The molecule has 0 spiro atoms. The Morgan fingerprint density at radius 2 is 1.54 bits per heavy atom. The van der Waals surface area contributed by atoms with Gasteiger partial charge in [-0.1, -0.05) is 23.8 Å². The van der Waals surface area contributed by atoms with Gasteiger partial charge in [0.05, 0.1) is 10.5 Å². The lowest BCUT2D eigenvalue weighted by Gasteiger charge is -2.35. The number of nitrogens with zero attached hydrogens (tertiary/aromatic N) is 2. The van der Waals surface area contributed by atoms with Gasteiger partial charge in [0.2, 0.25) is 10.0 Å². The van der Waals surface area contributed by atoms with Crippen molar-refractivity contribution in [3.05, 3.63) is 59.7 Å². The number of halogens is 3. The summed E-state index contributed by atoms with van der Waals surface area (Å²) in [6, 6.07) is 11.7. The summed E-state index contributed by atoms with van der Waals surface area (Å²) in [7, 11) is -3.59. The standard InChI is InChI=1S/C18H19F3N2O2S/c1-14-5-7-17(8-6-14)26(24,25)23-11-9-22(10-12-23)16-4-2-3-15(13-16)18(19,20)21/h2-8,13H,9-12H2,1H3. The number of hydrogen-bond acceptors (Lipinski definition) is 3. The fourth-order valence-corrected chi connectivity index (χ4v) is 4.35. The molecule has 0 radical (unpaired) electrons. The number of hydrogen-bond donors (Lipinski definition) is 0. The summed E-state index contributed by atoms with van der Waals surface area (Å²) < 4.78 is 65.3. The maximum atomic E-state index is 12.9. The van der Waals surface area contributed by atoms with Crippen LogP contribution in [0.15, 0.2) is 53.4 Å². The minimum Gasteiger partial charge on any atom is -0.369 e. The van der Waals surface area contributed by atoms with Crippen molar-refractivity contribution in [2.24, 2.45) is 0 Å². The molecule has 1 aliphatic heterocycles. The predicted octanol–water partition coefficient (Wildman–Crippen LogP) is 3.52. The van der Waals surface area contributed by atoms with E-state index in [1.165, 1.54) is 10.4 Å². The van der Waals surface area contributed by atoms with E-state index in [0.717, 1.165) is 17.7 Å². The summed E-state index contributed by atoms with van der Waals surface area (Å²) in [5.74, 6) is 0. The van der Waals surface area contributed by atoms with Gasteiger partial charge in [-0.3, -0.25) is 0 Å². The number of rotatable bonds is 3. The molecule has 26 heavy (non-hydrogen) atoms. The van der Waals surface area contributed by atoms with Gasteiger partial charge in [-0.2, -0.15) is 17.5 Å². The van der Waals surface area contributed by atoms with Crippen LogP contribution in [0.25, 0.3) is 0 Å². The van der Waals surface area contributed by atoms with E-state index in [0.29, 0.717) is 18.8 Å². The number of aryl methyl sites for hydroxylation is 1. The van der Waals surface area contributed by atoms with Crippen LogP contribution >= 0.6 is 0 Å². The first-order valence-electron chi connectivity index (χ1n) is 8.17. The third-order valence-corrected chi connectivity index (χ3v) is 6.35. The molecule has 0 unspecified atom stereocenters. The Morgan fingerprint density at radius 3 is 2.12 bits per heavy atom. The molecule has 1 fully saturated rings. The first-order chi connectivity index (χ1) is 12.2. The van der Waals surface area contributed by atoms with Crippen molar-refractivity contribution in [3.63, 3.8) is 0 Å². The third kappa shape index (κ3) is 3.86. The molecule has 2 aromatic rings. The summed E-state index contributed by atoms with van der Waals surface area (Å²) in [6.45, 7) is 3.02. The third-order valence-electron chi connectivity index (χ3n) is 4.44. The average molecular weight is 384 g/mol. The second-order valence-electron chi connectivity index (χ2n) is 6.25. The molecule has 1 saturated heterocycles. The van der Waals surface area contributed by atoms with E-state index < -0.39 is 21.8 Å². The molecule has 8 heteroatoms. The van der Waals surface area contributed by atoms with Crippen molar-refractivity contribution in [2.75, 3.05) is 31.1 Å². The van der Waals surface area contributed by atoms with Crippen LogP contribution in [0.2, 0.25) is 0 Å². The van der Waals surface area contributed by atoms with Gasteiger partial charge >= 0.3 is 6.18 Å². The molecule has 1 heterocycles. The molecule has 4 nitrogen and oxygen atoms in total. The van der Waals surface area contributed by atoms with E-state index in [2.05, 4.69) is 0 Å². The van der Waals surface area contributed by atoms with E-state index in [9.17, 15) is 21.6 Å². The van der Waals surface area contributed by atoms with E-state index in [4.69, 9.17) is 0 Å². The molecule has 0 amide bonds. The average Bonchev–Trinajstić information content (AvgIpc) is 2.62.